The van der Waals surface area contributed by atoms with Crippen molar-refractivity contribution >= 4 is 38.2 Å². The summed E-state index contributed by atoms with van der Waals surface area (Å²) in [5, 5.41) is 7.58. The lowest BCUT2D eigenvalue weighted by atomic mass is 9.91. The molecule has 0 aromatic heterocycles. The monoisotopic (exact) mass is 288 g/mol. The molecule has 0 saturated carbocycles. The molecule has 3 N–H and O–H groups in total. The second-order valence-electron chi connectivity index (χ2n) is 5.65. The van der Waals surface area contributed by atoms with Crippen LogP contribution in [-0.2, 0) is 11.2 Å². The Bertz CT molecular complexity index is 975. The molecule has 0 spiro atoms. The van der Waals surface area contributed by atoms with E-state index in [0.29, 0.717) is 12.8 Å². The van der Waals surface area contributed by atoms with Gasteiger partial charge in [0.1, 0.15) is 0 Å². The fraction of sp³-hybridized carbons (Fsp3) is 0.105. The van der Waals surface area contributed by atoms with Gasteiger partial charge in [0.15, 0.2) is 0 Å². The molecule has 0 aliphatic heterocycles. The predicted molar refractivity (Wildman–Crippen MR) is 90.8 cm³/mol. The van der Waals surface area contributed by atoms with Crippen LogP contribution in [0.1, 0.15) is 12.0 Å². The van der Waals surface area contributed by atoms with E-state index in [4.69, 9.17) is 5.84 Å². The van der Waals surface area contributed by atoms with Crippen LogP contribution in [0.4, 0.5) is 0 Å². The van der Waals surface area contributed by atoms with E-state index in [9.17, 15) is 4.79 Å². The van der Waals surface area contributed by atoms with Gasteiger partial charge in [0.25, 0.3) is 0 Å². The van der Waals surface area contributed by atoms with Crippen molar-refractivity contribution in [2.45, 2.75) is 12.8 Å². The van der Waals surface area contributed by atoms with Crippen molar-refractivity contribution in [1.29, 1.82) is 0 Å². The first kappa shape index (κ1) is 13.0. The standard InChI is InChI=1S/C19H16N2O/c20-21-17(22)11-9-12-4-5-15-7-6-13-2-1-3-14-8-10-16(12)19(15)18(13)14/h1-8,10H,9,11,20H2,(H,21,22). The van der Waals surface area contributed by atoms with Crippen molar-refractivity contribution in [2.75, 3.05) is 0 Å². The molecule has 0 heterocycles. The predicted octanol–water partition coefficient (Wildman–Crippen LogP) is 3.51. The van der Waals surface area contributed by atoms with Crippen molar-refractivity contribution < 1.29 is 4.79 Å². The molecule has 0 fully saturated rings. The molecular weight excluding hydrogens is 272 g/mol. The number of hydrogen-bond donors (Lipinski definition) is 2. The van der Waals surface area contributed by atoms with Gasteiger partial charge in [-0.3, -0.25) is 10.2 Å². The average Bonchev–Trinajstić information content (AvgIpc) is 2.58. The van der Waals surface area contributed by atoms with E-state index in [1.807, 2.05) is 0 Å². The number of rotatable bonds is 3. The van der Waals surface area contributed by atoms with E-state index >= 15 is 0 Å². The second kappa shape index (κ2) is 4.97. The van der Waals surface area contributed by atoms with Gasteiger partial charge in [0.2, 0.25) is 5.91 Å². The Morgan fingerprint density at radius 3 is 2.23 bits per heavy atom. The third kappa shape index (κ3) is 1.90. The molecule has 22 heavy (non-hydrogen) atoms. The van der Waals surface area contributed by atoms with Crippen LogP contribution in [-0.4, -0.2) is 5.91 Å². The molecule has 0 unspecified atom stereocenters. The lowest BCUT2D eigenvalue weighted by Crippen LogP contribution is -2.30. The van der Waals surface area contributed by atoms with Crippen LogP contribution in [0.5, 0.6) is 0 Å². The molecule has 4 aromatic carbocycles. The van der Waals surface area contributed by atoms with Crippen LogP contribution in [0.2, 0.25) is 0 Å². The van der Waals surface area contributed by atoms with Crippen LogP contribution in [0, 0.1) is 0 Å². The summed E-state index contributed by atoms with van der Waals surface area (Å²) in [6, 6.07) is 19.3. The first-order valence-corrected chi connectivity index (χ1v) is 7.43. The van der Waals surface area contributed by atoms with E-state index in [1.165, 1.54) is 37.9 Å². The van der Waals surface area contributed by atoms with Crippen molar-refractivity contribution in [2.24, 2.45) is 5.84 Å². The summed E-state index contributed by atoms with van der Waals surface area (Å²) in [7, 11) is 0. The minimum absolute atomic E-state index is 0.134. The van der Waals surface area contributed by atoms with Gasteiger partial charge in [-0.25, -0.2) is 5.84 Å². The van der Waals surface area contributed by atoms with Crippen LogP contribution in [0.15, 0.2) is 54.6 Å². The first-order chi connectivity index (χ1) is 10.8. The Morgan fingerprint density at radius 1 is 0.864 bits per heavy atom. The van der Waals surface area contributed by atoms with Crippen molar-refractivity contribution in [3.63, 3.8) is 0 Å². The molecule has 1 amide bonds. The molecule has 108 valence electrons. The largest absolute Gasteiger partial charge is 0.294 e. The smallest absolute Gasteiger partial charge is 0.234 e. The topological polar surface area (TPSA) is 55.1 Å². The van der Waals surface area contributed by atoms with Crippen LogP contribution in [0.3, 0.4) is 0 Å². The Kier molecular flexibility index (Phi) is 2.94. The van der Waals surface area contributed by atoms with Gasteiger partial charge in [0, 0.05) is 6.42 Å². The maximum Gasteiger partial charge on any atom is 0.234 e. The normalized spacial score (nSPS) is 11.5. The number of hydrogen-bond acceptors (Lipinski definition) is 2. The average molecular weight is 288 g/mol. The van der Waals surface area contributed by atoms with Crippen LogP contribution in [0.25, 0.3) is 32.3 Å². The summed E-state index contributed by atoms with van der Waals surface area (Å²) >= 11 is 0. The van der Waals surface area contributed by atoms with E-state index in [-0.39, 0.29) is 5.91 Å². The maximum atomic E-state index is 11.4. The van der Waals surface area contributed by atoms with Crippen molar-refractivity contribution in [3.8, 4) is 0 Å². The number of aryl methyl sites for hydroxylation is 1. The van der Waals surface area contributed by atoms with Crippen molar-refractivity contribution in [3.05, 3.63) is 60.2 Å². The molecule has 0 aliphatic rings. The summed E-state index contributed by atoms with van der Waals surface area (Å²) < 4.78 is 0. The van der Waals surface area contributed by atoms with Gasteiger partial charge < -0.3 is 0 Å². The molecule has 3 heteroatoms. The minimum Gasteiger partial charge on any atom is -0.294 e. The number of carbonyl (C=O) groups is 1. The van der Waals surface area contributed by atoms with E-state index in [2.05, 4.69) is 60.0 Å². The van der Waals surface area contributed by atoms with Gasteiger partial charge >= 0.3 is 0 Å². The van der Waals surface area contributed by atoms with Gasteiger partial charge in [-0.2, -0.15) is 0 Å². The molecular formula is C19H16N2O. The van der Waals surface area contributed by atoms with Gasteiger partial charge in [-0.15, -0.1) is 0 Å². The molecule has 4 aromatic rings. The van der Waals surface area contributed by atoms with Gasteiger partial charge in [-0.05, 0) is 44.3 Å². The SMILES string of the molecule is NNC(=O)CCc1ccc2ccc3cccc4ccc1c2c34. The number of hydrazine groups is 1. The minimum atomic E-state index is -0.134. The van der Waals surface area contributed by atoms with E-state index < -0.39 is 0 Å². The molecule has 0 bridgehead atoms. The summed E-state index contributed by atoms with van der Waals surface area (Å²) in [6.45, 7) is 0. The number of nitrogens with one attached hydrogen (secondary N) is 1. The quantitative estimate of drug-likeness (QED) is 0.262. The van der Waals surface area contributed by atoms with Crippen LogP contribution >= 0.6 is 0 Å². The Labute approximate surface area is 128 Å². The molecule has 4 rings (SSSR count). The van der Waals surface area contributed by atoms with Gasteiger partial charge in [0.05, 0.1) is 0 Å². The summed E-state index contributed by atoms with van der Waals surface area (Å²) in [5.74, 6) is 5.03. The Morgan fingerprint density at radius 2 is 1.50 bits per heavy atom. The van der Waals surface area contributed by atoms with Crippen molar-refractivity contribution in [1.82, 2.24) is 5.43 Å². The number of amides is 1. The highest BCUT2D eigenvalue weighted by Gasteiger charge is 2.11. The summed E-state index contributed by atoms with van der Waals surface area (Å²) in [6.07, 6.45) is 1.09. The fourth-order valence-corrected chi connectivity index (χ4v) is 3.33. The zero-order valence-corrected chi connectivity index (χ0v) is 12.1. The fourth-order valence-electron chi connectivity index (χ4n) is 3.33. The van der Waals surface area contributed by atoms with E-state index in [0.717, 1.165) is 0 Å². The lowest BCUT2D eigenvalue weighted by Gasteiger charge is -2.13. The maximum absolute atomic E-state index is 11.4. The van der Waals surface area contributed by atoms with Crippen LogP contribution < -0.4 is 11.3 Å². The number of nitrogens with two attached hydrogens (primary N) is 1. The molecule has 0 radical (unpaired) electrons. The lowest BCUT2D eigenvalue weighted by molar-refractivity contribution is -0.121. The zero-order chi connectivity index (χ0) is 15.1. The molecule has 3 nitrogen and oxygen atoms in total. The Hall–Kier alpha value is -2.65. The van der Waals surface area contributed by atoms with Gasteiger partial charge in [-0.1, -0.05) is 54.6 Å². The summed E-state index contributed by atoms with van der Waals surface area (Å²) in [5.41, 5.74) is 3.38. The second-order valence-corrected chi connectivity index (χ2v) is 5.65. The third-order valence-electron chi connectivity index (χ3n) is 4.40. The molecule has 0 saturated heterocycles. The summed E-state index contributed by atoms with van der Waals surface area (Å²) in [4.78, 5) is 11.4. The zero-order valence-electron chi connectivity index (χ0n) is 12.1. The first-order valence-electron chi connectivity index (χ1n) is 7.43. The number of carbonyl (C=O) groups excluding carboxylic acids is 1. The number of benzene rings is 4. The molecule has 0 aliphatic carbocycles. The van der Waals surface area contributed by atoms with E-state index in [1.54, 1.807) is 0 Å². The third-order valence-corrected chi connectivity index (χ3v) is 4.40. The highest BCUT2D eigenvalue weighted by atomic mass is 16.2. The molecule has 0 atom stereocenters. The Balaban J connectivity index is 1.98. The highest BCUT2D eigenvalue weighted by molar-refractivity contribution is 6.23. The highest BCUT2D eigenvalue weighted by Crippen LogP contribution is 2.36.